The summed E-state index contributed by atoms with van der Waals surface area (Å²) >= 11 is 0. The second kappa shape index (κ2) is 7.49. The molecule has 5 aromatic rings. The highest BCUT2D eigenvalue weighted by atomic mass is 15.3. The Labute approximate surface area is 172 Å². The fourth-order valence-corrected chi connectivity index (χ4v) is 3.33. The van der Waals surface area contributed by atoms with Gasteiger partial charge in [0.15, 0.2) is 0 Å². The van der Waals surface area contributed by atoms with Crippen LogP contribution in [-0.2, 0) is 0 Å². The van der Waals surface area contributed by atoms with Gasteiger partial charge < -0.3 is 4.98 Å². The standard InChI is InChI=1S/C24H16N6/c25-15-18(24-27-21-8-4-5-9-22(21)28-24)14-19-16-30(20-6-2-1-3-7-20)29-23(19)17-10-12-26-13-11-17/h1-14,16H,(H,27,28). The van der Waals surface area contributed by atoms with E-state index in [1.807, 2.05) is 83.7 Å². The molecule has 0 saturated heterocycles. The summed E-state index contributed by atoms with van der Waals surface area (Å²) in [5.74, 6) is 0.534. The van der Waals surface area contributed by atoms with Crippen LogP contribution in [0.15, 0.2) is 85.3 Å². The van der Waals surface area contributed by atoms with Gasteiger partial charge in [0.1, 0.15) is 17.6 Å². The largest absolute Gasteiger partial charge is 0.337 e. The number of nitriles is 1. The first-order valence-electron chi connectivity index (χ1n) is 9.44. The lowest BCUT2D eigenvalue weighted by Crippen LogP contribution is -1.93. The number of hydrogen-bond acceptors (Lipinski definition) is 4. The SMILES string of the molecule is N#CC(=Cc1cn(-c2ccccc2)nc1-c1ccncc1)c1nc2ccccc2[nH]1. The molecule has 0 spiro atoms. The Balaban J connectivity index is 1.66. The average Bonchev–Trinajstić information content (AvgIpc) is 3.43. The third-order valence-electron chi connectivity index (χ3n) is 4.78. The number of nitrogens with one attached hydrogen (secondary N) is 1. The predicted octanol–water partition coefficient (Wildman–Crippen LogP) is 4.87. The monoisotopic (exact) mass is 388 g/mol. The number of aromatic nitrogens is 5. The fraction of sp³-hybridized carbons (Fsp3) is 0. The lowest BCUT2D eigenvalue weighted by atomic mass is 10.1. The van der Waals surface area contributed by atoms with Crippen molar-refractivity contribution < 1.29 is 0 Å². The Morgan fingerprint density at radius 3 is 2.50 bits per heavy atom. The van der Waals surface area contributed by atoms with E-state index >= 15 is 0 Å². The van der Waals surface area contributed by atoms with Gasteiger partial charge in [-0.15, -0.1) is 0 Å². The molecule has 1 N–H and O–H groups in total. The maximum Gasteiger partial charge on any atom is 0.149 e. The van der Waals surface area contributed by atoms with Gasteiger partial charge in [0, 0.05) is 29.7 Å². The first-order valence-corrected chi connectivity index (χ1v) is 9.44. The molecule has 0 aliphatic heterocycles. The van der Waals surface area contributed by atoms with Crippen molar-refractivity contribution in [3.63, 3.8) is 0 Å². The molecule has 30 heavy (non-hydrogen) atoms. The smallest absolute Gasteiger partial charge is 0.149 e. The molecule has 6 nitrogen and oxygen atoms in total. The van der Waals surface area contributed by atoms with Crippen LogP contribution in [-0.4, -0.2) is 24.7 Å². The van der Waals surface area contributed by atoms with E-state index in [0.717, 1.165) is 33.5 Å². The number of aromatic amines is 1. The van der Waals surface area contributed by atoms with Crippen LogP contribution >= 0.6 is 0 Å². The number of para-hydroxylation sites is 3. The van der Waals surface area contributed by atoms with Crippen molar-refractivity contribution in [3.05, 3.63) is 96.7 Å². The maximum atomic E-state index is 9.84. The minimum Gasteiger partial charge on any atom is -0.337 e. The van der Waals surface area contributed by atoms with Gasteiger partial charge in [-0.05, 0) is 42.5 Å². The van der Waals surface area contributed by atoms with E-state index in [1.165, 1.54) is 0 Å². The van der Waals surface area contributed by atoms with Gasteiger partial charge >= 0.3 is 0 Å². The van der Waals surface area contributed by atoms with Crippen molar-refractivity contribution in [2.75, 3.05) is 0 Å². The van der Waals surface area contributed by atoms with Crippen molar-refractivity contribution >= 4 is 22.7 Å². The zero-order chi connectivity index (χ0) is 20.3. The minimum absolute atomic E-state index is 0.439. The highest BCUT2D eigenvalue weighted by molar-refractivity contribution is 5.92. The van der Waals surface area contributed by atoms with E-state index in [2.05, 4.69) is 21.0 Å². The summed E-state index contributed by atoms with van der Waals surface area (Å²) in [5.41, 5.74) is 5.61. The molecule has 3 heterocycles. The van der Waals surface area contributed by atoms with Gasteiger partial charge in [-0.1, -0.05) is 30.3 Å². The topological polar surface area (TPSA) is 83.2 Å². The average molecular weight is 388 g/mol. The number of allylic oxidation sites excluding steroid dienone is 1. The Morgan fingerprint density at radius 2 is 1.73 bits per heavy atom. The van der Waals surface area contributed by atoms with Crippen LogP contribution in [0.5, 0.6) is 0 Å². The molecule has 2 aromatic carbocycles. The summed E-state index contributed by atoms with van der Waals surface area (Å²) in [4.78, 5) is 11.9. The number of rotatable bonds is 4. The summed E-state index contributed by atoms with van der Waals surface area (Å²) in [6, 6.07) is 23.7. The molecule has 142 valence electrons. The molecule has 0 aliphatic rings. The minimum atomic E-state index is 0.439. The highest BCUT2D eigenvalue weighted by Crippen LogP contribution is 2.27. The molecule has 0 aliphatic carbocycles. The van der Waals surface area contributed by atoms with Crippen LogP contribution < -0.4 is 0 Å². The molecular weight excluding hydrogens is 372 g/mol. The quantitative estimate of drug-likeness (QED) is 0.445. The van der Waals surface area contributed by atoms with Crippen LogP contribution in [0.1, 0.15) is 11.4 Å². The third-order valence-corrected chi connectivity index (χ3v) is 4.78. The Bertz CT molecular complexity index is 1360. The fourth-order valence-electron chi connectivity index (χ4n) is 3.33. The summed E-state index contributed by atoms with van der Waals surface area (Å²) in [5, 5.41) is 14.6. The number of benzene rings is 2. The van der Waals surface area contributed by atoms with Crippen LogP contribution in [0.25, 0.3) is 39.6 Å². The van der Waals surface area contributed by atoms with Crippen LogP contribution in [0, 0.1) is 11.3 Å². The zero-order valence-corrected chi connectivity index (χ0v) is 15.9. The van der Waals surface area contributed by atoms with Crippen molar-refractivity contribution in [2.24, 2.45) is 0 Å². The van der Waals surface area contributed by atoms with E-state index in [4.69, 9.17) is 5.10 Å². The molecule has 0 fully saturated rings. The van der Waals surface area contributed by atoms with E-state index < -0.39 is 0 Å². The molecule has 3 aromatic heterocycles. The van der Waals surface area contributed by atoms with Crippen LogP contribution in [0.2, 0.25) is 0 Å². The zero-order valence-electron chi connectivity index (χ0n) is 15.9. The van der Waals surface area contributed by atoms with Gasteiger partial charge in [-0.3, -0.25) is 4.98 Å². The van der Waals surface area contributed by atoms with Crippen molar-refractivity contribution in [1.82, 2.24) is 24.7 Å². The van der Waals surface area contributed by atoms with E-state index in [-0.39, 0.29) is 0 Å². The molecule has 0 radical (unpaired) electrons. The molecule has 0 atom stereocenters. The normalized spacial score (nSPS) is 11.5. The molecule has 0 unspecified atom stereocenters. The number of nitrogens with zero attached hydrogens (tertiary/aromatic N) is 5. The number of hydrogen-bond donors (Lipinski definition) is 1. The Hall–Kier alpha value is -4.50. The molecule has 0 amide bonds. The van der Waals surface area contributed by atoms with Crippen molar-refractivity contribution in [3.8, 4) is 23.0 Å². The van der Waals surface area contributed by atoms with E-state index in [0.29, 0.717) is 11.4 Å². The lowest BCUT2D eigenvalue weighted by molar-refractivity contribution is 0.884. The van der Waals surface area contributed by atoms with Crippen molar-refractivity contribution in [2.45, 2.75) is 0 Å². The van der Waals surface area contributed by atoms with Gasteiger partial charge in [-0.2, -0.15) is 10.4 Å². The summed E-state index contributed by atoms with van der Waals surface area (Å²) in [6.07, 6.45) is 7.20. The Morgan fingerprint density at radius 1 is 0.967 bits per heavy atom. The van der Waals surface area contributed by atoms with Gasteiger partial charge in [0.2, 0.25) is 0 Å². The number of pyridine rings is 1. The Kier molecular flexibility index (Phi) is 4.39. The first-order chi connectivity index (χ1) is 14.8. The summed E-state index contributed by atoms with van der Waals surface area (Å²) in [6.45, 7) is 0. The molecular formula is C24H16N6. The highest BCUT2D eigenvalue weighted by Gasteiger charge is 2.14. The molecule has 5 rings (SSSR count). The molecule has 0 bridgehead atoms. The predicted molar refractivity (Wildman–Crippen MR) is 116 cm³/mol. The summed E-state index contributed by atoms with van der Waals surface area (Å²) < 4.78 is 1.81. The van der Waals surface area contributed by atoms with Gasteiger partial charge in [-0.25, -0.2) is 9.67 Å². The third kappa shape index (κ3) is 3.25. The van der Waals surface area contributed by atoms with Gasteiger partial charge in [0.25, 0.3) is 0 Å². The summed E-state index contributed by atoms with van der Waals surface area (Å²) in [7, 11) is 0. The first kappa shape index (κ1) is 17.6. The second-order valence-corrected chi connectivity index (χ2v) is 6.72. The van der Waals surface area contributed by atoms with Crippen LogP contribution in [0.3, 0.4) is 0 Å². The lowest BCUT2D eigenvalue weighted by Gasteiger charge is -2.00. The van der Waals surface area contributed by atoms with Crippen LogP contribution in [0.4, 0.5) is 0 Å². The van der Waals surface area contributed by atoms with Crippen molar-refractivity contribution in [1.29, 1.82) is 5.26 Å². The second-order valence-electron chi connectivity index (χ2n) is 6.72. The molecule has 0 saturated carbocycles. The maximum absolute atomic E-state index is 9.84. The van der Waals surface area contributed by atoms with E-state index in [1.54, 1.807) is 12.4 Å². The molecule has 6 heteroatoms. The number of imidazole rings is 1. The van der Waals surface area contributed by atoms with Gasteiger partial charge in [0.05, 0.1) is 22.3 Å². The number of H-pyrrole nitrogens is 1. The number of fused-ring (bicyclic) bond motifs is 1. The van der Waals surface area contributed by atoms with E-state index in [9.17, 15) is 5.26 Å².